The van der Waals surface area contributed by atoms with Crippen LogP contribution in [0.3, 0.4) is 0 Å². The summed E-state index contributed by atoms with van der Waals surface area (Å²) in [5.41, 5.74) is 0.603. The molecule has 0 atom stereocenters. The van der Waals surface area contributed by atoms with Gasteiger partial charge in [0, 0.05) is 35.5 Å². The van der Waals surface area contributed by atoms with Crippen LogP contribution in [0.2, 0.25) is 0 Å². The van der Waals surface area contributed by atoms with Gasteiger partial charge in [0.25, 0.3) is 9.05 Å². The highest BCUT2D eigenvalue weighted by Crippen LogP contribution is 2.25. The Morgan fingerprint density at radius 2 is 2.21 bits per heavy atom. The van der Waals surface area contributed by atoms with Gasteiger partial charge in [-0.1, -0.05) is 0 Å². The molecule has 0 aromatic carbocycles. The van der Waals surface area contributed by atoms with Gasteiger partial charge in [-0.25, -0.2) is 13.4 Å². The van der Waals surface area contributed by atoms with Crippen LogP contribution in [0.25, 0.3) is 11.0 Å². The van der Waals surface area contributed by atoms with Crippen LogP contribution in [-0.2, 0) is 16.1 Å². The summed E-state index contributed by atoms with van der Waals surface area (Å²) in [5.74, 6) is 0. The van der Waals surface area contributed by atoms with E-state index in [1.54, 1.807) is 29.9 Å². The molecule has 6 heteroatoms. The van der Waals surface area contributed by atoms with Crippen molar-refractivity contribution in [1.82, 2.24) is 9.55 Å². The molecule has 2 aromatic rings. The number of hydrogen-bond donors (Lipinski definition) is 0. The zero-order valence-corrected chi connectivity index (χ0v) is 8.88. The largest absolute Gasteiger partial charge is 0.334 e. The van der Waals surface area contributed by atoms with E-state index < -0.39 is 9.05 Å². The van der Waals surface area contributed by atoms with Crippen LogP contribution in [0, 0.1) is 0 Å². The SMILES string of the molecule is Cn1cc(S(=O)(=O)Cl)c2cccnc21. The molecule has 0 amide bonds. The van der Waals surface area contributed by atoms with E-state index in [1.807, 2.05) is 0 Å². The fraction of sp³-hybridized carbons (Fsp3) is 0.125. The van der Waals surface area contributed by atoms with Crippen molar-refractivity contribution < 1.29 is 8.42 Å². The average Bonchev–Trinajstić information content (AvgIpc) is 2.44. The van der Waals surface area contributed by atoms with Gasteiger partial charge in [-0.05, 0) is 12.1 Å². The second-order valence-corrected chi connectivity index (χ2v) is 5.45. The summed E-state index contributed by atoms with van der Waals surface area (Å²) in [7, 11) is 3.31. The third kappa shape index (κ3) is 1.38. The molecule has 0 fully saturated rings. The molecule has 74 valence electrons. The lowest BCUT2D eigenvalue weighted by Gasteiger charge is -1.92. The van der Waals surface area contributed by atoms with E-state index in [0.29, 0.717) is 11.0 Å². The summed E-state index contributed by atoms with van der Waals surface area (Å²) in [5, 5.41) is 0.546. The van der Waals surface area contributed by atoms with E-state index in [2.05, 4.69) is 4.98 Å². The van der Waals surface area contributed by atoms with Crippen LogP contribution in [0.15, 0.2) is 29.4 Å². The van der Waals surface area contributed by atoms with Gasteiger partial charge in [-0.15, -0.1) is 0 Å². The first-order valence-corrected chi connectivity index (χ1v) is 6.16. The highest BCUT2D eigenvalue weighted by molar-refractivity contribution is 8.14. The maximum Gasteiger partial charge on any atom is 0.263 e. The number of aryl methyl sites for hydroxylation is 1. The van der Waals surface area contributed by atoms with Crippen LogP contribution in [0.4, 0.5) is 0 Å². The molecular formula is C8H7ClN2O2S. The highest BCUT2D eigenvalue weighted by Gasteiger charge is 2.17. The molecule has 0 bridgehead atoms. The number of fused-ring (bicyclic) bond motifs is 1. The summed E-state index contributed by atoms with van der Waals surface area (Å²) in [6.07, 6.45) is 3.06. The van der Waals surface area contributed by atoms with Crippen LogP contribution in [-0.4, -0.2) is 18.0 Å². The van der Waals surface area contributed by atoms with Crippen LogP contribution in [0.5, 0.6) is 0 Å². The molecule has 14 heavy (non-hydrogen) atoms. The molecule has 0 aliphatic heterocycles. The van der Waals surface area contributed by atoms with Crippen molar-refractivity contribution in [2.45, 2.75) is 4.90 Å². The first-order chi connectivity index (χ1) is 6.50. The van der Waals surface area contributed by atoms with Crippen molar-refractivity contribution in [3.63, 3.8) is 0 Å². The maximum absolute atomic E-state index is 11.2. The topological polar surface area (TPSA) is 52.0 Å². The molecule has 0 unspecified atom stereocenters. The van der Waals surface area contributed by atoms with Gasteiger partial charge in [0.1, 0.15) is 10.5 Å². The third-order valence-corrected chi connectivity index (χ3v) is 3.31. The summed E-state index contributed by atoms with van der Waals surface area (Å²) in [4.78, 5) is 4.16. The highest BCUT2D eigenvalue weighted by atomic mass is 35.7. The lowest BCUT2D eigenvalue weighted by atomic mass is 10.3. The number of nitrogens with zero attached hydrogens (tertiary/aromatic N) is 2. The predicted octanol–water partition coefficient (Wildman–Crippen LogP) is 1.50. The Morgan fingerprint density at radius 1 is 1.50 bits per heavy atom. The Morgan fingerprint density at radius 3 is 2.86 bits per heavy atom. The Balaban J connectivity index is 2.93. The predicted molar refractivity (Wildman–Crippen MR) is 53.8 cm³/mol. The smallest absolute Gasteiger partial charge is 0.263 e. The first-order valence-electron chi connectivity index (χ1n) is 3.85. The van der Waals surface area contributed by atoms with E-state index in [-0.39, 0.29) is 4.90 Å². The molecule has 0 saturated heterocycles. The van der Waals surface area contributed by atoms with Gasteiger partial charge in [-0.3, -0.25) is 0 Å². The number of halogens is 1. The molecule has 0 saturated carbocycles. The van der Waals surface area contributed by atoms with Crippen LogP contribution >= 0.6 is 10.7 Å². The minimum absolute atomic E-state index is 0.102. The fourth-order valence-electron chi connectivity index (χ4n) is 1.37. The van der Waals surface area contributed by atoms with Crippen molar-refractivity contribution in [3.8, 4) is 0 Å². The maximum atomic E-state index is 11.2. The summed E-state index contributed by atoms with van der Waals surface area (Å²) >= 11 is 0. The number of pyridine rings is 1. The molecule has 0 radical (unpaired) electrons. The Kier molecular flexibility index (Phi) is 2.01. The fourth-order valence-corrected chi connectivity index (χ4v) is 2.45. The lowest BCUT2D eigenvalue weighted by Crippen LogP contribution is -1.88. The van der Waals surface area contributed by atoms with Gasteiger partial charge in [0.15, 0.2) is 0 Å². The van der Waals surface area contributed by atoms with Gasteiger partial charge in [0.05, 0.1) is 0 Å². The quantitative estimate of drug-likeness (QED) is 0.698. The van der Waals surface area contributed by atoms with E-state index in [1.165, 1.54) is 6.20 Å². The number of rotatable bonds is 1. The minimum atomic E-state index is -3.70. The van der Waals surface area contributed by atoms with Crippen LogP contribution in [0.1, 0.15) is 0 Å². The molecule has 0 aliphatic rings. The summed E-state index contributed by atoms with van der Waals surface area (Å²) in [6, 6.07) is 3.35. The number of hydrogen-bond acceptors (Lipinski definition) is 3. The van der Waals surface area contributed by atoms with Gasteiger partial charge in [0.2, 0.25) is 0 Å². The van der Waals surface area contributed by atoms with E-state index in [9.17, 15) is 8.42 Å². The monoisotopic (exact) mass is 230 g/mol. The normalized spacial score (nSPS) is 12.1. The summed E-state index contributed by atoms with van der Waals surface area (Å²) < 4.78 is 24.0. The molecule has 2 rings (SSSR count). The van der Waals surface area contributed by atoms with Crippen molar-refractivity contribution in [2.75, 3.05) is 0 Å². The van der Waals surface area contributed by atoms with Gasteiger partial charge >= 0.3 is 0 Å². The molecule has 2 aromatic heterocycles. The molecular weight excluding hydrogens is 224 g/mol. The zero-order chi connectivity index (χ0) is 10.3. The second-order valence-electron chi connectivity index (χ2n) is 2.92. The second kappa shape index (κ2) is 2.96. The average molecular weight is 231 g/mol. The van der Waals surface area contributed by atoms with Gasteiger partial charge < -0.3 is 4.57 Å². The Labute approximate surface area is 85.5 Å². The molecule has 0 spiro atoms. The van der Waals surface area contributed by atoms with Crippen LogP contribution < -0.4 is 0 Å². The Hall–Kier alpha value is -1.07. The Bertz CT molecular complexity index is 588. The zero-order valence-electron chi connectivity index (χ0n) is 7.31. The molecule has 0 N–H and O–H groups in total. The van der Waals surface area contributed by atoms with Crippen molar-refractivity contribution >= 4 is 30.8 Å². The standard InChI is InChI=1S/C8H7ClN2O2S/c1-11-5-7(14(9,12)13)6-3-2-4-10-8(6)11/h2-5H,1H3. The van der Waals surface area contributed by atoms with Crippen molar-refractivity contribution in [3.05, 3.63) is 24.5 Å². The third-order valence-electron chi connectivity index (χ3n) is 1.96. The summed E-state index contributed by atoms with van der Waals surface area (Å²) in [6.45, 7) is 0. The number of aromatic nitrogens is 2. The van der Waals surface area contributed by atoms with Crippen molar-refractivity contribution in [2.24, 2.45) is 7.05 Å². The van der Waals surface area contributed by atoms with Gasteiger partial charge in [-0.2, -0.15) is 0 Å². The van der Waals surface area contributed by atoms with E-state index in [4.69, 9.17) is 10.7 Å². The van der Waals surface area contributed by atoms with Crippen molar-refractivity contribution in [1.29, 1.82) is 0 Å². The molecule has 0 aliphatic carbocycles. The first kappa shape index (κ1) is 9.48. The lowest BCUT2D eigenvalue weighted by molar-refractivity contribution is 0.610. The minimum Gasteiger partial charge on any atom is -0.334 e. The molecule has 2 heterocycles. The van der Waals surface area contributed by atoms with E-state index >= 15 is 0 Å². The molecule has 4 nitrogen and oxygen atoms in total. The van der Waals surface area contributed by atoms with E-state index in [0.717, 1.165) is 0 Å².